The molecule has 1 aromatic rings. The van der Waals surface area contributed by atoms with E-state index in [1.165, 1.54) is 19.3 Å². The van der Waals surface area contributed by atoms with Crippen molar-refractivity contribution in [1.82, 2.24) is 4.98 Å². The Bertz CT molecular complexity index is 409. The van der Waals surface area contributed by atoms with Gasteiger partial charge in [0, 0.05) is 18.8 Å². The average Bonchev–Trinajstić information content (AvgIpc) is 2.39. The normalized spacial score (nSPS) is 19.0. The third kappa shape index (κ3) is 2.66. The molecule has 0 amide bonds. The molecular weight excluding hydrogens is 224 g/mol. The fourth-order valence-electron chi connectivity index (χ4n) is 2.55. The summed E-state index contributed by atoms with van der Waals surface area (Å²) in [5.74, 6) is 1.06. The highest BCUT2D eigenvalue weighted by Gasteiger charge is 2.28. The molecule has 1 N–H and O–H groups in total. The first kappa shape index (κ1) is 13.3. The van der Waals surface area contributed by atoms with Crippen molar-refractivity contribution in [2.75, 3.05) is 18.0 Å². The zero-order chi connectivity index (χ0) is 13.2. The third-order valence-corrected chi connectivity index (χ3v) is 4.50. The molecule has 2 rings (SSSR count). The Morgan fingerprint density at radius 2 is 2.00 bits per heavy atom. The molecule has 0 saturated carbocycles. The van der Waals surface area contributed by atoms with Gasteiger partial charge in [0.15, 0.2) is 0 Å². The summed E-state index contributed by atoms with van der Waals surface area (Å²) in [4.78, 5) is 6.97. The monoisotopic (exact) mass is 248 g/mol. The Morgan fingerprint density at radius 3 is 2.50 bits per heavy atom. The molecule has 0 radical (unpaired) electrons. The second-order valence-corrected chi connectivity index (χ2v) is 5.72. The van der Waals surface area contributed by atoms with Gasteiger partial charge in [0.1, 0.15) is 5.82 Å². The number of aliphatic hydroxyl groups is 1. The van der Waals surface area contributed by atoms with Gasteiger partial charge in [-0.3, -0.25) is 0 Å². The highest BCUT2D eigenvalue weighted by atomic mass is 16.3. The molecule has 1 fully saturated rings. The van der Waals surface area contributed by atoms with E-state index in [0.717, 1.165) is 30.2 Å². The van der Waals surface area contributed by atoms with Crippen molar-refractivity contribution in [1.29, 1.82) is 0 Å². The molecule has 0 spiro atoms. The van der Waals surface area contributed by atoms with Crippen molar-refractivity contribution >= 4 is 5.82 Å². The number of nitrogens with zero attached hydrogens (tertiary/aromatic N) is 2. The molecular formula is C15H24N2O. The van der Waals surface area contributed by atoms with Crippen LogP contribution in [0, 0.1) is 12.3 Å². The molecule has 0 aliphatic carbocycles. The number of anilines is 1. The highest BCUT2D eigenvalue weighted by molar-refractivity contribution is 5.42. The average molecular weight is 248 g/mol. The van der Waals surface area contributed by atoms with Gasteiger partial charge in [0.05, 0.1) is 6.61 Å². The van der Waals surface area contributed by atoms with E-state index in [1.807, 2.05) is 19.1 Å². The first-order chi connectivity index (χ1) is 8.58. The van der Waals surface area contributed by atoms with E-state index in [0.29, 0.717) is 5.41 Å². The lowest BCUT2D eigenvalue weighted by atomic mass is 9.78. The molecule has 3 heteroatoms. The molecule has 1 saturated heterocycles. The van der Waals surface area contributed by atoms with E-state index < -0.39 is 0 Å². The maximum absolute atomic E-state index is 9.17. The summed E-state index contributed by atoms with van der Waals surface area (Å²) in [6.45, 7) is 8.90. The van der Waals surface area contributed by atoms with Crippen LogP contribution in [0.2, 0.25) is 0 Å². The van der Waals surface area contributed by atoms with E-state index in [4.69, 9.17) is 5.11 Å². The van der Waals surface area contributed by atoms with Crippen LogP contribution in [0.25, 0.3) is 0 Å². The minimum absolute atomic E-state index is 0.0764. The van der Waals surface area contributed by atoms with Crippen molar-refractivity contribution in [3.8, 4) is 0 Å². The maximum atomic E-state index is 9.17. The van der Waals surface area contributed by atoms with Crippen LogP contribution in [0.1, 0.15) is 44.4 Å². The molecule has 3 nitrogen and oxygen atoms in total. The quantitative estimate of drug-likeness (QED) is 0.893. The second kappa shape index (κ2) is 5.27. The molecule has 1 aromatic heterocycles. The SMILES string of the molecule is CCC1(C)CCN(c2ccc(CO)c(C)n2)CC1. The van der Waals surface area contributed by atoms with Gasteiger partial charge in [-0.1, -0.05) is 26.3 Å². The Balaban J connectivity index is 2.08. The zero-order valence-corrected chi connectivity index (χ0v) is 11.7. The van der Waals surface area contributed by atoms with Crippen LogP contribution >= 0.6 is 0 Å². The van der Waals surface area contributed by atoms with E-state index in [2.05, 4.69) is 23.7 Å². The molecule has 0 atom stereocenters. The fourth-order valence-corrected chi connectivity index (χ4v) is 2.55. The number of pyridine rings is 1. The number of aromatic nitrogens is 1. The number of piperidine rings is 1. The van der Waals surface area contributed by atoms with Crippen molar-refractivity contribution < 1.29 is 5.11 Å². The number of hydrogen-bond donors (Lipinski definition) is 1. The summed E-state index contributed by atoms with van der Waals surface area (Å²) in [5.41, 5.74) is 2.38. The van der Waals surface area contributed by atoms with Crippen LogP contribution in [-0.2, 0) is 6.61 Å². The predicted molar refractivity (Wildman–Crippen MR) is 74.7 cm³/mol. The molecule has 0 bridgehead atoms. The largest absolute Gasteiger partial charge is 0.392 e. The Hall–Kier alpha value is -1.09. The van der Waals surface area contributed by atoms with E-state index in [1.54, 1.807) is 0 Å². The van der Waals surface area contributed by atoms with Crippen molar-refractivity contribution in [3.05, 3.63) is 23.4 Å². The van der Waals surface area contributed by atoms with Crippen LogP contribution in [0.3, 0.4) is 0 Å². The maximum Gasteiger partial charge on any atom is 0.128 e. The van der Waals surface area contributed by atoms with E-state index >= 15 is 0 Å². The summed E-state index contributed by atoms with van der Waals surface area (Å²) < 4.78 is 0. The Labute approximate surface area is 110 Å². The summed E-state index contributed by atoms with van der Waals surface area (Å²) in [5, 5.41) is 9.17. The van der Waals surface area contributed by atoms with Crippen LogP contribution in [0.4, 0.5) is 5.82 Å². The molecule has 1 aliphatic heterocycles. The van der Waals surface area contributed by atoms with Crippen molar-refractivity contribution in [2.45, 2.75) is 46.6 Å². The van der Waals surface area contributed by atoms with E-state index in [-0.39, 0.29) is 6.61 Å². The fraction of sp³-hybridized carbons (Fsp3) is 0.667. The number of hydrogen-bond acceptors (Lipinski definition) is 3. The second-order valence-electron chi connectivity index (χ2n) is 5.72. The van der Waals surface area contributed by atoms with Gasteiger partial charge in [0.25, 0.3) is 0 Å². The van der Waals surface area contributed by atoms with E-state index in [9.17, 15) is 0 Å². The lowest BCUT2D eigenvalue weighted by Crippen LogP contribution is -2.38. The molecule has 18 heavy (non-hydrogen) atoms. The van der Waals surface area contributed by atoms with Gasteiger partial charge >= 0.3 is 0 Å². The molecule has 100 valence electrons. The first-order valence-electron chi connectivity index (χ1n) is 6.90. The molecule has 1 aliphatic rings. The van der Waals surface area contributed by atoms with Crippen molar-refractivity contribution in [2.24, 2.45) is 5.41 Å². The van der Waals surface area contributed by atoms with Crippen LogP contribution < -0.4 is 4.90 Å². The molecule has 0 unspecified atom stereocenters. The number of aryl methyl sites for hydroxylation is 1. The topological polar surface area (TPSA) is 36.4 Å². The lowest BCUT2D eigenvalue weighted by molar-refractivity contribution is 0.237. The predicted octanol–water partition coefficient (Wildman–Crippen LogP) is 2.90. The van der Waals surface area contributed by atoms with Gasteiger partial charge < -0.3 is 10.0 Å². The van der Waals surface area contributed by atoms with Crippen LogP contribution in [-0.4, -0.2) is 23.2 Å². The number of aliphatic hydroxyl groups excluding tert-OH is 1. The third-order valence-electron chi connectivity index (χ3n) is 4.50. The summed E-state index contributed by atoms with van der Waals surface area (Å²) in [6.07, 6.45) is 3.74. The smallest absolute Gasteiger partial charge is 0.128 e. The van der Waals surface area contributed by atoms with Crippen molar-refractivity contribution in [3.63, 3.8) is 0 Å². The summed E-state index contributed by atoms with van der Waals surface area (Å²) in [6, 6.07) is 4.03. The van der Waals surface area contributed by atoms with Gasteiger partial charge in [-0.25, -0.2) is 4.98 Å². The van der Waals surface area contributed by atoms with Gasteiger partial charge in [0.2, 0.25) is 0 Å². The minimum atomic E-state index is 0.0764. The highest BCUT2D eigenvalue weighted by Crippen LogP contribution is 2.35. The van der Waals surface area contributed by atoms with Crippen LogP contribution in [0.15, 0.2) is 12.1 Å². The Kier molecular flexibility index (Phi) is 3.91. The van der Waals surface area contributed by atoms with Crippen LogP contribution in [0.5, 0.6) is 0 Å². The minimum Gasteiger partial charge on any atom is -0.392 e. The summed E-state index contributed by atoms with van der Waals surface area (Å²) in [7, 11) is 0. The lowest BCUT2D eigenvalue weighted by Gasteiger charge is -2.39. The van der Waals surface area contributed by atoms with Gasteiger partial charge in [-0.05, 0) is 36.8 Å². The molecule has 2 heterocycles. The summed E-state index contributed by atoms with van der Waals surface area (Å²) >= 11 is 0. The van der Waals surface area contributed by atoms with Gasteiger partial charge in [-0.2, -0.15) is 0 Å². The van der Waals surface area contributed by atoms with Gasteiger partial charge in [-0.15, -0.1) is 0 Å². The zero-order valence-electron chi connectivity index (χ0n) is 11.7. The first-order valence-corrected chi connectivity index (χ1v) is 6.90. The standard InChI is InChI=1S/C15H24N2O/c1-4-15(3)7-9-17(10-8-15)14-6-5-13(11-18)12(2)16-14/h5-6,18H,4,7-11H2,1-3H3. The molecule has 0 aromatic carbocycles. The Morgan fingerprint density at radius 1 is 1.33 bits per heavy atom. The number of rotatable bonds is 3.